The summed E-state index contributed by atoms with van der Waals surface area (Å²) >= 11 is 0. The predicted molar refractivity (Wildman–Crippen MR) is 83.0 cm³/mol. The maximum Gasteiger partial charge on any atom is 0.138 e. The lowest BCUT2D eigenvalue weighted by atomic mass is 9.99. The summed E-state index contributed by atoms with van der Waals surface area (Å²) in [5.41, 5.74) is 4.86. The second-order valence-corrected chi connectivity index (χ2v) is 4.77. The Morgan fingerprint density at radius 2 is 2.00 bits per heavy atom. The van der Waals surface area contributed by atoms with Crippen LogP contribution in [0.2, 0.25) is 0 Å². The standard InChI is InChI=1S/C17H22N2O/c1-4-18-10-14-7-6-13(3)17(8-14)15-9-16(20-5-2)12-19-11-15/h6-9,11-12,18H,4-5,10H2,1-3H3. The van der Waals surface area contributed by atoms with Crippen molar-refractivity contribution in [1.29, 1.82) is 0 Å². The van der Waals surface area contributed by atoms with Gasteiger partial charge in [-0.05, 0) is 49.2 Å². The van der Waals surface area contributed by atoms with Gasteiger partial charge in [0.1, 0.15) is 5.75 Å². The molecule has 0 saturated heterocycles. The number of aryl methyl sites for hydroxylation is 1. The van der Waals surface area contributed by atoms with Gasteiger partial charge in [-0.25, -0.2) is 0 Å². The number of hydrogen-bond acceptors (Lipinski definition) is 3. The minimum atomic E-state index is 0.657. The third kappa shape index (κ3) is 3.58. The number of hydrogen-bond donors (Lipinski definition) is 1. The molecule has 0 unspecified atom stereocenters. The second kappa shape index (κ2) is 7.06. The lowest BCUT2D eigenvalue weighted by Crippen LogP contribution is -2.11. The Hall–Kier alpha value is -1.87. The summed E-state index contributed by atoms with van der Waals surface area (Å²) in [5.74, 6) is 0.821. The minimum absolute atomic E-state index is 0.657. The molecule has 0 aliphatic rings. The van der Waals surface area contributed by atoms with Crippen LogP contribution in [-0.4, -0.2) is 18.1 Å². The monoisotopic (exact) mass is 270 g/mol. The van der Waals surface area contributed by atoms with Gasteiger partial charge >= 0.3 is 0 Å². The number of aromatic nitrogens is 1. The largest absolute Gasteiger partial charge is 0.492 e. The number of ether oxygens (including phenoxy) is 1. The van der Waals surface area contributed by atoms with Gasteiger partial charge < -0.3 is 10.1 Å². The van der Waals surface area contributed by atoms with Crippen LogP contribution in [-0.2, 0) is 6.54 Å². The van der Waals surface area contributed by atoms with Crippen LogP contribution in [0.5, 0.6) is 5.75 Å². The highest BCUT2D eigenvalue weighted by Gasteiger charge is 2.05. The van der Waals surface area contributed by atoms with Gasteiger partial charge in [-0.15, -0.1) is 0 Å². The maximum atomic E-state index is 5.53. The third-order valence-electron chi connectivity index (χ3n) is 3.22. The molecule has 1 aromatic heterocycles. The maximum absolute atomic E-state index is 5.53. The average Bonchev–Trinajstić information content (AvgIpc) is 2.47. The van der Waals surface area contributed by atoms with Gasteiger partial charge in [0.15, 0.2) is 0 Å². The van der Waals surface area contributed by atoms with Gasteiger partial charge in [-0.3, -0.25) is 4.98 Å². The van der Waals surface area contributed by atoms with Crippen molar-refractivity contribution in [2.24, 2.45) is 0 Å². The van der Waals surface area contributed by atoms with Crippen LogP contribution in [0.1, 0.15) is 25.0 Å². The molecule has 106 valence electrons. The zero-order chi connectivity index (χ0) is 14.4. The van der Waals surface area contributed by atoms with Crippen molar-refractivity contribution in [2.45, 2.75) is 27.3 Å². The normalized spacial score (nSPS) is 10.6. The highest BCUT2D eigenvalue weighted by atomic mass is 16.5. The first kappa shape index (κ1) is 14.5. The molecule has 0 amide bonds. The number of pyridine rings is 1. The minimum Gasteiger partial charge on any atom is -0.492 e. The number of benzene rings is 1. The molecule has 1 N–H and O–H groups in total. The molecular formula is C17H22N2O. The molecule has 20 heavy (non-hydrogen) atoms. The fraction of sp³-hybridized carbons (Fsp3) is 0.353. The van der Waals surface area contributed by atoms with Crippen molar-refractivity contribution in [3.63, 3.8) is 0 Å². The molecule has 0 atom stereocenters. The smallest absolute Gasteiger partial charge is 0.138 e. The molecule has 0 radical (unpaired) electrons. The molecule has 0 spiro atoms. The summed E-state index contributed by atoms with van der Waals surface area (Å²) in [6.45, 7) is 8.75. The molecule has 0 aliphatic carbocycles. The number of nitrogens with zero attached hydrogens (tertiary/aromatic N) is 1. The van der Waals surface area contributed by atoms with E-state index in [2.05, 4.69) is 48.4 Å². The van der Waals surface area contributed by atoms with Crippen LogP contribution in [0.3, 0.4) is 0 Å². The molecule has 1 heterocycles. The lowest BCUT2D eigenvalue weighted by Gasteiger charge is -2.11. The molecule has 0 bridgehead atoms. The Balaban J connectivity index is 2.32. The SMILES string of the molecule is CCNCc1ccc(C)c(-c2cncc(OCC)c2)c1. The van der Waals surface area contributed by atoms with Crippen LogP contribution < -0.4 is 10.1 Å². The van der Waals surface area contributed by atoms with E-state index in [-0.39, 0.29) is 0 Å². The topological polar surface area (TPSA) is 34.2 Å². The third-order valence-corrected chi connectivity index (χ3v) is 3.22. The van der Waals surface area contributed by atoms with Crippen LogP contribution in [0.15, 0.2) is 36.7 Å². The predicted octanol–water partition coefficient (Wildman–Crippen LogP) is 3.57. The van der Waals surface area contributed by atoms with Gasteiger partial charge in [0.05, 0.1) is 12.8 Å². The lowest BCUT2D eigenvalue weighted by molar-refractivity contribution is 0.339. The Labute approximate surface area is 121 Å². The second-order valence-electron chi connectivity index (χ2n) is 4.77. The zero-order valence-corrected chi connectivity index (χ0v) is 12.4. The summed E-state index contributed by atoms with van der Waals surface area (Å²) in [6, 6.07) is 8.61. The number of nitrogens with one attached hydrogen (secondary N) is 1. The average molecular weight is 270 g/mol. The van der Waals surface area contributed by atoms with Crippen molar-refractivity contribution in [3.8, 4) is 16.9 Å². The van der Waals surface area contributed by atoms with Gasteiger partial charge in [0, 0.05) is 18.3 Å². The highest BCUT2D eigenvalue weighted by Crippen LogP contribution is 2.26. The van der Waals surface area contributed by atoms with Gasteiger partial charge in [0.25, 0.3) is 0 Å². The van der Waals surface area contributed by atoms with E-state index in [9.17, 15) is 0 Å². The van der Waals surface area contributed by atoms with E-state index >= 15 is 0 Å². The Bertz CT molecular complexity index is 567. The van der Waals surface area contributed by atoms with Crippen LogP contribution in [0, 0.1) is 6.92 Å². The highest BCUT2D eigenvalue weighted by molar-refractivity contribution is 5.68. The van der Waals surface area contributed by atoms with Crippen molar-refractivity contribution in [1.82, 2.24) is 10.3 Å². The Kier molecular flexibility index (Phi) is 5.13. The van der Waals surface area contributed by atoms with Crippen LogP contribution in [0.25, 0.3) is 11.1 Å². The summed E-state index contributed by atoms with van der Waals surface area (Å²) < 4.78 is 5.53. The van der Waals surface area contributed by atoms with E-state index in [4.69, 9.17) is 4.74 Å². The van der Waals surface area contributed by atoms with Crippen LogP contribution in [0.4, 0.5) is 0 Å². The van der Waals surface area contributed by atoms with E-state index in [1.165, 1.54) is 16.7 Å². The first-order valence-corrected chi connectivity index (χ1v) is 7.13. The van der Waals surface area contributed by atoms with E-state index in [0.29, 0.717) is 6.61 Å². The van der Waals surface area contributed by atoms with Crippen LogP contribution >= 0.6 is 0 Å². The Morgan fingerprint density at radius 1 is 1.15 bits per heavy atom. The number of rotatable bonds is 6. The molecule has 0 fully saturated rings. The van der Waals surface area contributed by atoms with Crippen molar-refractivity contribution >= 4 is 0 Å². The van der Waals surface area contributed by atoms with Gasteiger partial charge in [-0.2, -0.15) is 0 Å². The Morgan fingerprint density at radius 3 is 2.75 bits per heavy atom. The fourth-order valence-corrected chi connectivity index (χ4v) is 2.17. The van der Waals surface area contributed by atoms with Crippen molar-refractivity contribution in [2.75, 3.05) is 13.2 Å². The van der Waals surface area contributed by atoms with E-state index in [1.54, 1.807) is 6.20 Å². The molecule has 2 rings (SSSR count). The van der Waals surface area contributed by atoms with Crippen molar-refractivity contribution in [3.05, 3.63) is 47.8 Å². The van der Waals surface area contributed by atoms with E-state index in [1.807, 2.05) is 13.1 Å². The van der Waals surface area contributed by atoms with Gasteiger partial charge in [-0.1, -0.05) is 19.1 Å². The van der Waals surface area contributed by atoms with Crippen molar-refractivity contribution < 1.29 is 4.74 Å². The molecule has 3 heteroatoms. The zero-order valence-electron chi connectivity index (χ0n) is 12.4. The van der Waals surface area contributed by atoms with E-state index in [0.717, 1.165) is 24.4 Å². The first-order chi connectivity index (χ1) is 9.74. The quantitative estimate of drug-likeness (QED) is 0.871. The summed E-state index contributed by atoms with van der Waals surface area (Å²) in [5, 5.41) is 3.35. The van der Waals surface area contributed by atoms with E-state index < -0.39 is 0 Å². The fourth-order valence-electron chi connectivity index (χ4n) is 2.17. The molecule has 1 aromatic carbocycles. The van der Waals surface area contributed by atoms with Gasteiger partial charge in [0.2, 0.25) is 0 Å². The summed E-state index contributed by atoms with van der Waals surface area (Å²) in [4.78, 5) is 4.27. The molecule has 2 aromatic rings. The molecule has 0 aliphatic heterocycles. The molecule has 0 saturated carbocycles. The first-order valence-electron chi connectivity index (χ1n) is 7.13. The summed E-state index contributed by atoms with van der Waals surface area (Å²) in [6.07, 6.45) is 3.65. The molecule has 3 nitrogen and oxygen atoms in total. The summed E-state index contributed by atoms with van der Waals surface area (Å²) in [7, 11) is 0. The molecular weight excluding hydrogens is 248 g/mol.